The molecule has 3 aromatic rings. The summed E-state index contributed by atoms with van der Waals surface area (Å²) in [6, 6.07) is 24.4. The van der Waals surface area contributed by atoms with Gasteiger partial charge in [-0.25, -0.2) is 4.79 Å². The fraction of sp³-hybridized carbons (Fsp3) is 0.486. The molecule has 0 aliphatic heterocycles. The Hall–Kier alpha value is -3.07. The monoisotopic (exact) mass is 542 g/mol. The fourth-order valence-electron chi connectivity index (χ4n) is 4.97. The second-order valence-corrected chi connectivity index (χ2v) is 11.3. The number of hydrogen-bond acceptors (Lipinski definition) is 3. The molecule has 0 spiro atoms. The molecule has 2 atom stereocenters. The van der Waals surface area contributed by atoms with E-state index in [4.69, 9.17) is 9.47 Å². The van der Waals surface area contributed by atoms with E-state index in [0.29, 0.717) is 11.5 Å². The van der Waals surface area contributed by atoms with Crippen LogP contribution in [0.5, 0.6) is 5.75 Å². The normalized spacial score (nSPS) is 12.6. The van der Waals surface area contributed by atoms with Crippen LogP contribution in [0.15, 0.2) is 72.8 Å². The third-order valence-electron chi connectivity index (χ3n) is 7.70. The van der Waals surface area contributed by atoms with Crippen LogP contribution < -0.4 is 4.74 Å². The number of carbonyl (C=O) groups is 1. The SMILES string of the molecule is CCCCCCCCc1ccc(C(C)OC(=O)c2ccc(-c3ccc(OCC(C)CCCCC)cc3)cc2)cc1. The molecular weight excluding hydrogens is 492 g/mol. The van der Waals surface area contributed by atoms with E-state index >= 15 is 0 Å². The van der Waals surface area contributed by atoms with Crippen LogP contribution in [0.1, 0.15) is 119 Å². The van der Waals surface area contributed by atoms with Crippen molar-refractivity contribution in [3.05, 3.63) is 89.5 Å². The summed E-state index contributed by atoms with van der Waals surface area (Å²) in [5.41, 5.74) is 5.09. The Labute approximate surface area is 243 Å². The first-order chi connectivity index (χ1) is 19.5. The van der Waals surface area contributed by atoms with Crippen molar-refractivity contribution >= 4 is 5.97 Å². The Bertz CT molecular complexity index is 1100. The Balaban J connectivity index is 1.45. The molecule has 0 radical (unpaired) electrons. The zero-order valence-corrected chi connectivity index (χ0v) is 25.3. The van der Waals surface area contributed by atoms with Gasteiger partial charge in [-0.15, -0.1) is 0 Å². The van der Waals surface area contributed by atoms with Gasteiger partial charge in [-0.3, -0.25) is 0 Å². The highest BCUT2D eigenvalue weighted by atomic mass is 16.5. The quantitative estimate of drug-likeness (QED) is 0.118. The first-order valence-electron chi connectivity index (χ1n) is 15.6. The lowest BCUT2D eigenvalue weighted by Crippen LogP contribution is -2.09. The molecule has 3 heteroatoms. The number of hydrogen-bond donors (Lipinski definition) is 0. The summed E-state index contributed by atoms with van der Waals surface area (Å²) in [5, 5.41) is 0. The molecule has 0 saturated heterocycles. The summed E-state index contributed by atoms with van der Waals surface area (Å²) in [6.45, 7) is 9.43. The maximum atomic E-state index is 12.8. The summed E-state index contributed by atoms with van der Waals surface area (Å²) < 4.78 is 11.8. The van der Waals surface area contributed by atoms with Gasteiger partial charge in [0.1, 0.15) is 11.9 Å². The molecule has 3 rings (SSSR count). The van der Waals surface area contributed by atoms with Crippen molar-refractivity contribution < 1.29 is 14.3 Å². The number of ether oxygens (including phenoxy) is 2. The smallest absolute Gasteiger partial charge is 0.338 e. The van der Waals surface area contributed by atoms with Gasteiger partial charge in [-0.05, 0) is 78.6 Å². The minimum Gasteiger partial charge on any atom is -0.493 e. The largest absolute Gasteiger partial charge is 0.493 e. The summed E-state index contributed by atoms with van der Waals surface area (Å²) in [4.78, 5) is 12.8. The zero-order valence-electron chi connectivity index (χ0n) is 25.3. The molecular formula is C37H50O3. The van der Waals surface area contributed by atoms with Crippen LogP contribution in [-0.2, 0) is 11.2 Å². The van der Waals surface area contributed by atoms with Gasteiger partial charge in [0, 0.05) is 0 Å². The van der Waals surface area contributed by atoms with Crippen molar-refractivity contribution in [2.45, 2.75) is 104 Å². The van der Waals surface area contributed by atoms with Crippen molar-refractivity contribution in [2.75, 3.05) is 6.61 Å². The fourth-order valence-corrected chi connectivity index (χ4v) is 4.97. The molecule has 0 aliphatic carbocycles. The standard InChI is InChI=1S/C37H50O3/c1-5-7-9-10-11-13-15-31-16-18-32(19-17-31)30(4)40-37(38)35-22-20-33(21-23-35)34-24-26-36(27-25-34)39-28-29(3)14-12-8-6-2/h16-27,29-30H,5-15,28H2,1-4H3. The Kier molecular flexibility index (Phi) is 13.8. The number of aryl methyl sites for hydroxylation is 1. The van der Waals surface area contributed by atoms with Crippen molar-refractivity contribution in [2.24, 2.45) is 5.92 Å². The number of rotatable bonds is 18. The zero-order chi connectivity index (χ0) is 28.6. The predicted octanol–water partition coefficient (Wildman–Crippen LogP) is 10.8. The van der Waals surface area contributed by atoms with Crippen LogP contribution in [0.2, 0.25) is 0 Å². The summed E-state index contributed by atoms with van der Waals surface area (Å²) in [5.74, 6) is 1.17. The number of esters is 1. The maximum absolute atomic E-state index is 12.8. The average Bonchev–Trinajstić information content (AvgIpc) is 2.98. The lowest BCUT2D eigenvalue weighted by molar-refractivity contribution is 0.0338. The first kappa shape index (κ1) is 31.5. The van der Waals surface area contributed by atoms with Crippen molar-refractivity contribution in [1.29, 1.82) is 0 Å². The Morgan fingerprint density at radius 3 is 1.90 bits per heavy atom. The van der Waals surface area contributed by atoms with Gasteiger partial charge < -0.3 is 9.47 Å². The molecule has 0 bridgehead atoms. The Morgan fingerprint density at radius 1 is 0.675 bits per heavy atom. The van der Waals surface area contributed by atoms with Gasteiger partial charge in [0.25, 0.3) is 0 Å². The number of unbranched alkanes of at least 4 members (excludes halogenated alkanes) is 7. The van der Waals surface area contributed by atoms with Gasteiger partial charge >= 0.3 is 5.97 Å². The molecule has 216 valence electrons. The molecule has 40 heavy (non-hydrogen) atoms. The van der Waals surface area contributed by atoms with Gasteiger partial charge in [-0.2, -0.15) is 0 Å². The van der Waals surface area contributed by atoms with E-state index in [2.05, 4.69) is 57.2 Å². The summed E-state index contributed by atoms with van der Waals surface area (Å²) in [7, 11) is 0. The highest BCUT2D eigenvalue weighted by molar-refractivity contribution is 5.90. The lowest BCUT2D eigenvalue weighted by Gasteiger charge is -2.15. The lowest BCUT2D eigenvalue weighted by atomic mass is 10.0. The van der Waals surface area contributed by atoms with Gasteiger partial charge in [0.05, 0.1) is 12.2 Å². The summed E-state index contributed by atoms with van der Waals surface area (Å²) in [6.07, 6.45) is 13.7. The molecule has 0 aliphatic rings. The van der Waals surface area contributed by atoms with Crippen LogP contribution in [0.4, 0.5) is 0 Å². The van der Waals surface area contributed by atoms with Gasteiger partial charge in [0.15, 0.2) is 0 Å². The van der Waals surface area contributed by atoms with Crippen molar-refractivity contribution in [1.82, 2.24) is 0 Å². The highest BCUT2D eigenvalue weighted by Crippen LogP contribution is 2.25. The van der Waals surface area contributed by atoms with Gasteiger partial charge in [-0.1, -0.05) is 121 Å². The third kappa shape index (κ3) is 10.8. The molecule has 3 nitrogen and oxygen atoms in total. The topological polar surface area (TPSA) is 35.5 Å². The van der Waals surface area contributed by atoms with E-state index in [1.54, 1.807) is 0 Å². The molecule has 0 fully saturated rings. The number of carbonyl (C=O) groups excluding carboxylic acids is 1. The van der Waals surface area contributed by atoms with Crippen LogP contribution in [-0.4, -0.2) is 12.6 Å². The van der Waals surface area contributed by atoms with Crippen molar-refractivity contribution in [3.63, 3.8) is 0 Å². The van der Waals surface area contributed by atoms with E-state index in [1.165, 1.54) is 69.8 Å². The average molecular weight is 543 g/mol. The third-order valence-corrected chi connectivity index (χ3v) is 7.70. The molecule has 3 aromatic carbocycles. The van der Waals surface area contributed by atoms with E-state index in [1.807, 2.05) is 43.3 Å². The van der Waals surface area contributed by atoms with Crippen LogP contribution in [0.3, 0.4) is 0 Å². The minimum absolute atomic E-state index is 0.294. The molecule has 0 amide bonds. The number of benzene rings is 3. The Morgan fingerprint density at radius 2 is 1.25 bits per heavy atom. The van der Waals surface area contributed by atoms with E-state index in [-0.39, 0.29) is 12.1 Å². The van der Waals surface area contributed by atoms with Gasteiger partial charge in [0.2, 0.25) is 0 Å². The molecule has 2 unspecified atom stereocenters. The van der Waals surface area contributed by atoms with Crippen molar-refractivity contribution in [3.8, 4) is 16.9 Å². The van der Waals surface area contributed by atoms with Crippen LogP contribution >= 0.6 is 0 Å². The molecule has 0 heterocycles. The highest BCUT2D eigenvalue weighted by Gasteiger charge is 2.14. The van der Waals surface area contributed by atoms with E-state index in [0.717, 1.165) is 35.5 Å². The van der Waals surface area contributed by atoms with Crippen LogP contribution in [0, 0.1) is 5.92 Å². The molecule has 0 saturated carbocycles. The summed E-state index contributed by atoms with van der Waals surface area (Å²) >= 11 is 0. The van der Waals surface area contributed by atoms with E-state index in [9.17, 15) is 4.79 Å². The predicted molar refractivity (Wildman–Crippen MR) is 168 cm³/mol. The first-order valence-corrected chi connectivity index (χ1v) is 15.6. The van der Waals surface area contributed by atoms with Crippen LogP contribution in [0.25, 0.3) is 11.1 Å². The minimum atomic E-state index is -0.299. The van der Waals surface area contributed by atoms with E-state index < -0.39 is 0 Å². The molecule has 0 aromatic heterocycles. The molecule has 0 N–H and O–H groups in total. The maximum Gasteiger partial charge on any atom is 0.338 e. The second-order valence-electron chi connectivity index (χ2n) is 11.3. The second kappa shape index (κ2) is 17.6.